The highest BCUT2D eigenvalue weighted by molar-refractivity contribution is 7.17. The monoisotopic (exact) mass is 413 g/mol. The van der Waals surface area contributed by atoms with Gasteiger partial charge in [0.1, 0.15) is 10.6 Å². The summed E-state index contributed by atoms with van der Waals surface area (Å²) in [6.07, 6.45) is 4.28. The molecule has 1 aromatic carbocycles. The minimum atomic E-state index is -0.993. The van der Waals surface area contributed by atoms with Gasteiger partial charge in [-0.1, -0.05) is 42.5 Å². The lowest BCUT2D eigenvalue weighted by atomic mass is 9.82. The number of nitrogens with one attached hydrogen (secondary N) is 1. The fraction of sp³-hybridized carbons (Fsp3) is 0.318. The number of carbonyl (C=O) groups excluding carboxylic acids is 2. The number of carboxylic acids is 1. The molecule has 2 aromatic rings. The maximum Gasteiger partial charge on any atom is 0.341 e. The van der Waals surface area contributed by atoms with E-state index in [4.69, 9.17) is 4.74 Å². The van der Waals surface area contributed by atoms with Crippen molar-refractivity contribution in [2.45, 2.75) is 26.7 Å². The van der Waals surface area contributed by atoms with Crippen molar-refractivity contribution in [2.75, 3.05) is 11.9 Å². The molecular weight excluding hydrogens is 390 g/mol. The number of anilines is 1. The molecule has 2 N–H and O–H groups in total. The van der Waals surface area contributed by atoms with Crippen LogP contribution in [-0.4, -0.2) is 29.6 Å². The van der Waals surface area contributed by atoms with Crippen molar-refractivity contribution in [3.8, 4) is 11.1 Å². The molecule has 29 heavy (non-hydrogen) atoms. The molecule has 1 heterocycles. The summed E-state index contributed by atoms with van der Waals surface area (Å²) in [5.74, 6) is -3.36. The molecule has 152 valence electrons. The van der Waals surface area contributed by atoms with Crippen LogP contribution in [0, 0.1) is 18.8 Å². The number of carbonyl (C=O) groups is 3. The first-order valence-corrected chi connectivity index (χ1v) is 10.3. The Bertz CT molecular complexity index is 948. The average Bonchev–Trinajstić information content (AvgIpc) is 3.04. The maximum absolute atomic E-state index is 12.9. The minimum Gasteiger partial charge on any atom is -0.481 e. The summed E-state index contributed by atoms with van der Waals surface area (Å²) in [4.78, 5) is 38.1. The Morgan fingerprint density at radius 1 is 1.14 bits per heavy atom. The van der Waals surface area contributed by atoms with Gasteiger partial charge in [0.2, 0.25) is 5.91 Å². The summed E-state index contributed by atoms with van der Waals surface area (Å²) >= 11 is 1.29. The van der Waals surface area contributed by atoms with E-state index in [1.807, 2.05) is 43.3 Å². The lowest BCUT2D eigenvalue weighted by Crippen LogP contribution is -2.34. The number of benzene rings is 1. The van der Waals surface area contributed by atoms with Crippen molar-refractivity contribution in [1.82, 2.24) is 0 Å². The summed E-state index contributed by atoms with van der Waals surface area (Å²) in [6, 6.07) is 9.45. The summed E-state index contributed by atoms with van der Waals surface area (Å²) in [6.45, 7) is 3.82. The van der Waals surface area contributed by atoms with Gasteiger partial charge in [-0.3, -0.25) is 9.59 Å². The predicted molar refractivity (Wildman–Crippen MR) is 112 cm³/mol. The van der Waals surface area contributed by atoms with Crippen LogP contribution in [0.3, 0.4) is 0 Å². The van der Waals surface area contributed by atoms with Crippen LogP contribution >= 0.6 is 11.3 Å². The highest BCUT2D eigenvalue weighted by atomic mass is 32.1. The van der Waals surface area contributed by atoms with Crippen molar-refractivity contribution < 1.29 is 24.2 Å². The second kappa shape index (κ2) is 9.05. The van der Waals surface area contributed by atoms with Gasteiger partial charge in [0, 0.05) is 10.4 Å². The van der Waals surface area contributed by atoms with Crippen LogP contribution in [-0.2, 0) is 14.3 Å². The summed E-state index contributed by atoms with van der Waals surface area (Å²) in [7, 11) is 0. The quantitative estimate of drug-likeness (QED) is 0.537. The zero-order valence-electron chi connectivity index (χ0n) is 16.3. The number of hydrogen-bond acceptors (Lipinski definition) is 5. The lowest BCUT2D eigenvalue weighted by molar-refractivity contribution is -0.146. The SMILES string of the molecule is CCOC(=O)c1c(NC(=O)[C@H]2CC=CC[C@H]2C(=O)O)sc(C)c1-c1ccccc1. The van der Waals surface area contributed by atoms with Gasteiger partial charge in [-0.25, -0.2) is 4.79 Å². The third kappa shape index (κ3) is 4.40. The molecule has 0 saturated carbocycles. The molecular formula is C22H23NO5S. The molecule has 0 unspecified atom stereocenters. The van der Waals surface area contributed by atoms with E-state index in [-0.39, 0.29) is 6.61 Å². The van der Waals surface area contributed by atoms with Crippen LogP contribution in [0.1, 0.15) is 35.0 Å². The Morgan fingerprint density at radius 3 is 2.41 bits per heavy atom. The first-order valence-electron chi connectivity index (χ1n) is 9.48. The molecule has 1 amide bonds. The van der Waals surface area contributed by atoms with E-state index in [2.05, 4.69) is 5.32 Å². The highest BCUT2D eigenvalue weighted by Crippen LogP contribution is 2.41. The predicted octanol–water partition coefficient (Wildman–Crippen LogP) is 4.51. The van der Waals surface area contributed by atoms with Crippen molar-refractivity contribution >= 4 is 34.2 Å². The molecule has 1 aliphatic rings. The molecule has 0 spiro atoms. The largest absolute Gasteiger partial charge is 0.481 e. The van der Waals surface area contributed by atoms with Crippen LogP contribution in [0.5, 0.6) is 0 Å². The normalized spacial score (nSPS) is 18.3. The molecule has 1 aromatic heterocycles. The molecule has 0 aliphatic heterocycles. The summed E-state index contributed by atoms with van der Waals surface area (Å²) in [5.41, 5.74) is 1.89. The van der Waals surface area contributed by atoms with Gasteiger partial charge < -0.3 is 15.2 Å². The first kappa shape index (κ1) is 20.8. The number of ether oxygens (including phenoxy) is 1. The second-order valence-corrected chi connectivity index (χ2v) is 8.03. The van der Waals surface area contributed by atoms with Gasteiger partial charge in [0.05, 0.1) is 18.4 Å². The smallest absolute Gasteiger partial charge is 0.341 e. The van der Waals surface area contributed by atoms with Gasteiger partial charge in [-0.05, 0) is 32.3 Å². The number of rotatable bonds is 6. The highest BCUT2D eigenvalue weighted by Gasteiger charge is 2.35. The summed E-state index contributed by atoms with van der Waals surface area (Å²) < 4.78 is 5.24. The standard InChI is InChI=1S/C22H23NO5S/c1-3-28-22(27)18-17(14-9-5-4-6-10-14)13(2)29-20(18)23-19(24)15-11-7-8-12-16(15)21(25)26/h4-10,15-16H,3,11-12H2,1-2H3,(H,23,24)(H,25,26)/t15-,16+/m0/s1. The number of thiophene rings is 1. The second-order valence-electron chi connectivity index (χ2n) is 6.81. The number of amides is 1. The number of aryl methyl sites for hydroxylation is 1. The Labute approximate surface area is 173 Å². The van der Waals surface area contributed by atoms with Crippen LogP contribution in [0.2, 0.25) is 0 Å². The van der Waals surface area contributed by atoms with Gasteiger partial charge in [-0.2, -0.15) is 0 Å². The Morgan fingerprint density at radius 2 is 1.79 bits per heavy atom. The van der Waals surface area contributed by atoms with Gasteiger partial charge in [0.25, 0.3) is 0 Å². The number of esters is 1. The average molecular weight is 413 g/mol. The Balaban J connectivity index is 1.99. The van der Waals surface area contributed by atoms with Gasteiger partial charge >= 0.3 is 11.9 Å². The van der Waals surface area contributed by atoms with Crippen molar-refractivity contribution in [1.29, 1.82) is 0 Å². The van der Waals surface area contributed by atoms with Gasteiger partial charge in [-0.15, -0.1) is 11.3 Å². The molecule has 1 aliphatic carbocycles. The van der Waals surface area contributed by atoms with Crippen molar-refractivity contribution in [3.63, 3.8) is 0 Å². The number of carboxylic acid groups (broad SMARTS) is 1. The third-order valence-corrected chi connectivity index (χ3v) is 5.97. The van der Waals surface area contributed by atoms with Crippen LogP contribution in [0.15, 0.2) is 42.5 Å². The van der Waals surface area contributed by atoms with E-state index >= 15 is 0 Å². The third-order valence-electron chi connectivity index (χ3n) is 4.95. The Hall–Kier alpha value is -2.93. The first-order chi connectivity index (χ1) is 13.9. The van der Waals surface area contributed by atoms with Crippen LogP contribution in [0.25, 0.3) is 11.1 Å². The number of hydrogen-bond donors (Lipinski definition) is 2. The Kier molecular flexibility index (Phi) is 6.49. The van der Waals surface area contributed by atoms with Crippen molar-refractivity contribution in [3.05, 3.63) is 52.9 Å². The molecule has 0 saturated heterocycles. The molecule has 7 heteroatoms. The van der Waals surface area contributed by atoms with E-state index < -0.39 is 29.7 Å². The van der Waals surface area contributed by atoms with E-state index in [0.29, 0.717) is 23.4 Å². The fourth-order valence-electron chi connectivity index (χ4n) is 3.56. The van der Waals surface area contributed by atoms with E-state index in [1.54, 1.807) is 13.0 Å². The molecule has 6 nitrogen and oxygen atoms in total. The van der Waals surface area contributed by atoms with Crippen LogP contribution < -0.4 is 5.32 Å². The molecule has 0 bridgehead atoms. The molecule has 0 fully saturated rings. The lowest BCUT2D eigenvalue weighted by Gasteiger charge is -2.24. The fourth-order valence-corrected chi connectivity index (χ4v) is 4.63. The van der Waals surface area contributed by atoms with Crippen LogP contribution in [0.4, 0.5) is 5.00 Å². The number of allylic oxidation sites excluding steroid dienone is 2. The molecule has 0 radical (unpaired) electrons. The topological polar surface area (TPSA) is 92.7 Å². The van der Waals surface area contributed by atoms with E-state index in [9.17, 15) is 19.5 Å². The minimum absolute atomic E-state index is 0.212. The zero-order valence-corrected chi connectivity index (χ0v) is 17.1. The molecule has 2 atom stereocenters. The molecule has 3 rings (SSSR count). The number of aliphatic carboxylic acids is 1. The van der Waals surface area contributed by atoms with Gasteiger partial charge in [0.15, 0.2) is 0 Å². The summed E-state index contributed by atoms with van der Waals surface area (Å²) in [5, 5.41) is 12.7. The van der Waals surface area contributed by atoms with E-state index in [1.165, 1.54) is 11.3 Å². The van der Waals surface area contributed by atoms with E-state index in [0.717, 1.165) is 16.0 Å². The maximum atomic E-state index is 12.9. The van der Waals surface area contributed by atoms with Crippen molar-refractivity contribution in [2.24, 2.45) is 11.8 Å². The zero-order chi connectivity index (χ0) is 21.0.